The first-order valence-electron chi connectivity index (χ1n) is 13.5. The van der Waals surface area contributed by atoms with Crippen molar-refractivity contribution < 1.29 is 19.5 Å². The van der Waals surface area contributed by atoms with E-state index >= 15 is 0 Å². The largest absolute Gasteiger partial charge is 0.481 e. The highest BCUT2D eigenvalue weighted by molar-refractivity contribution is 6.04. The Morgan fingerprint density at radius 2 is 1.54 bits per heavy atom. The topological polar surface area (TPSA) is 224 Å². The van der Waals surface area contributed by atoms with E-state index in [-0.39, 0.29) is 36.8 Å². The number of amides is 2. The van der Waals surface area contributed by atoms with Crippen LogP contribution in [0.25, 0.3) is 0 Å². The molecule has 12 heteroatoms. The number of guanidine groups is 2. The lowest BCUT2D eigenvalue weighted by Crippen LogP contribution is -2.52. The standard InChI is InChI=1S/C25H50N8O4/c1-3-18(2)19(26)13-9-8-12-16-33(23(37)20(27)17-22(35)36)25(30)32-21(34)14-10-6-4-5-7-11-15-31-24(28)29/h18-20H,3-17,26-27H2,1-2H3,(H,35,36)(H4,28,29,31)(H2,30,32,34)/t18?,19-,20+/m1/s1. The van der Waals surface area contributed by atoms with Crippen LogP contribution in [0.3, 0.4) is 0 Å². The Morgan fingerprint density at radius 1 is 0.946 bits per heavy atom. The van der Waals surface area contributed by atoms with Gasteiger partial charge in [-0.05, 0) is 31.6 Å². The van der Waals surface area contributed by atoms with Gasteiger partial charge in [-0.25, -0.2) is 0 Å². The summed E-state index contributed by atoms with van der Waals surface area (Å²) in [4.78, 5) is 37.2. The molecule has 0 radical (unpaired) electrons. The minimum absolute atomic E-state index is 0.0254. The van der Waals surface area contributed by atoms with Gasteiger partial charge in [0.25, 0.3) is 0 Å². The van der Waals surface area contributed by atoms with Gasteiger partial charge >= 0.3 is 5.97 Å². The van der Waals surface area contributed by atoms with Crippen LogP contribution >= 0.6 is 0 Å². The van der Waals surface area contributed by atoms with Crippen LogP contribution < -0.4 is 27.8 Å². The van der Waals surface area contributed by atoms with E-state index in [1.807, 2.05) is 0 Å². The van der Waals surface area contributed by atoms with Crippen LogP contribution in [-0.4, -0.2) is 64.9 Å². The van der Waals surface area contributed by atoms with E-state index in [1.54, 1.807) is 0 Å². The molecule has 214 valence electrons. The lowest BCUT2D eigenvalue weighted by molar-refractivity contribution is -0.141. The molecule has 0 aromatic heterocycles. The van der Waals surface area contributed by atoms with Gasteiger partial charge < -0.3 is 27.6 Å². The van der Waals surface area contributed by atoms with Gasteiger partial charge in [-0.15, -0.1) is 0 Å². The first kappa shape index (κ1) is 34.3. The molecule has 0 aliphatic rings. The quantitative estimate of drug-likeness (QED) is 0.0661. The number of carboxylic acids is 1. The highest BCUT2D eigenvalue weighted by Gasteiger charge is 2.26. The van der Waals surface area contributed by atoms with E-state index in [0.29, 0.717) is 25.3 Å². The van der Waals surface area contributed by atoms with Crippen molar-refractivity contribution in [2.45, 2.75) is 109 Å². The number of carbonyl (C=O) groups is 3. The second kappa shape index (κ2) is 20.3. The molecule has 1 unspecified atom stereocenters. The highest BCUT2D eigenvalue weighted by atomic mass is 16.4. The Labute approximate surface area is 221 Å². The van der Waals surface area contributed by atoms with Crippen molar-refractivity contribution in [3.05, 3.63) is 0 Å². The average molecular weight is 527 g/mol. The van der Waals surface area contributed by atoms with E-state index in [9.17, 15) is 14.4 Å². The Balaban J connectivity index is 4.56. The third-order valence-electron chi connectivity index (χ3n) is 6.45. The molecule has 37 heavy (non-hydrogen) atoms. The molecule has 0 heterocycles. The van der Waals surface area contributed by atoms with E-state index in [0.717, 1.165) is 62.7 Å². The van der Waals surface area contributed by atoms with Crippen molar-refractivity contribution in [1.82, 2.24) is 15.5 Å². The Morgan fingerprint density at radius 3 is 2.14 bits per heavy atom. The van der Waals surface area contributed by atoms with Gasteiger partial charge in [0.05, 0.1) is 12.5 Å². The van der Waals surface area contributed by atoms with Crippen molar-refractivity contribution in [2.24, 2.45) is 23.1 Å². The fourth-order valence-electron chi connectivity index (χ4n) is 3.82. The van der Waals surface area contributed by atoms with Crippen molar-refractivity contribution in [3.63, 3.8) is 0 Å². The molecular weight excluding hydrogens is 476 g/mol. The van der Waals surface area contributed by atoms with Crippen molar-refractivity contribution in [2.75, 3.05) is 13.1 Å². The molecular formula is C25H50N8O4. The zero-order chi connectivity index (χ0) is 28.2. The van der Waals surface area contributed by atoms with Crippen LogP contribution in [0.2, 0.25) is 0 Å². The maximum absolute atomic E-state index is 12.7. The summed E-state index contributed by atoms with van der Waals surface area (Å²) in [7, 11) is 0. The Kier molecular flexibility index (Phi) is 18.8. The van der Waals surface area contributed by atoms with Crippen LogP contribution in [0.1, 0.15) is 97.3 Å². The van der Waals surface area contributed by atoms with Crippen LogP contribution in [-0.2, 0) is 14.4 Å². The van der Waals surface area contributed by atoms with Crippen molar-refractivity contribution >= 4 is 29.7 Å². The minimum atomic E-state index is -1.29. The highest BCUT2D eigenvalue weighted by Crippen LogP contribution is 2.13. The van der Waals surface area contributed by atoms with Gasteiger partial charge in [0.15, 0.2) is 5.96 Å². The van der Waals surface area contributed by atoms with Crippen LogP contribution in [0.4, 0.5) is 0 Å². The van der Waals surface area contributed by atoms with Crippen LogP contribution in [0, 0.1) is 16.7 Å². The molecule has 0 saturated heterocycles. The van der Waals surface area contributed by atoms with Gasteiger partial charge in [0.2, 0.25) is 17.8 Å². The van der Waals surface area contributed by atoms with E-state index in [4.69, 9.17) is 33.1 Å². The first-order chi connectivity index (χ1) is 17.5. The summed E-state index contributed by atoms with van der Waals surface area (Å²) in [6.07, 6.45) is 9.25. The smallest absolute Gasteiger partial charge is 0.305 e. The molecule has 12 nitrogen and oxygen atoms in total. The summed E-state index contributed by atoms with van der Waals surface area (Å²) in [5, 5.41) is 29.6. The molecule has 0 aliphatic heterocycles. The number of carboxylic acid groups (broad SMARTS) is 1. The number of unbranched alkanes of at least 4 members (excludes halogenated alkanes) is 7. The number of hydrogen-bond acceptors (Lipinski definition) is 7. The maximum Gasteiger partial charge on any atom is 0.305 e. The van der Waals surface area contributed by atoms with E-state index < -0.39 is 24.3 Å². The third-order valence-corrected chi connectivity index (χ3v) is 6.45. The summed E-state index contributed by atoms with van der Waals surface area (Å²) in [5.74, 6) is -2.22. The molecule has 0 aromatic carbocycles. The summed E-state index contributed by atoms with van der Waals surface area (Å²) in [6.45, 7) is 5.07. The summed E-state index contributed by atoms with van der Waals surface area (Å²) >= 11 is 0. The monoisotopic (exact) mass is 526 g/mol. The molecule has 0 rings (SSSR count). The molecule has 2 amide bonds. The van der Waals surface area contributed by atoms with Crippen LogP contribution in [0.5, 0.6) is 0 Å². The minimum Gasteiger partial charge on any atom is -0.481 e. The predicted octanol–water partition coefficient (Wildman–Crippen LogP) is 1.82. The summed E-state index contributed by atoms with van der Waals surface area (Å²) in [6, 6.07) is -1.17. The lowest BCUT2D eigenvalue weighted by Gasteiger charge is -2.26. The molecule has 0 aliphatic carbocycles. The van der Waals surface area contributed by atoms with E-state index in [2.05, 4.69) is 24.5 Å². The molecule has 0 aromatic rings. The predicted molar refractivity (Wildman–Crippen MR) is 146 cm³/mol. The Hall–Kier alpha value is -2.73. The lowest BCUT2D eigenvalue weighted by atomic mass is 9.95. The zero-order valence-electron chi connectivity index (χ0n) is 22.7. The van der Waals surface area contributed by atoms with Gasteiger partial charge in [-0.2, -0.15) is 0 Å². The molecule has 0 saturated carbocycles. The van der Waals surface area contributed by atoms with Crippen molar-refractivity contribution in [1.29, 1.82) is 10.8 Å². The first-order valence-corrected chi connectivity index (χ1v) is 13.5. The molecule has 3 atom stereocenters. The van der Waals surface area contributed by atoms with Crippen LogP contribution in [0.15, 0.2) is 0 Å². The van der Waals surface area contributed by atoms with Gasteiger partial charge in [0.1, 0.15) is 0 Å². The van der Waals surface area contributed by atoms with Gasteiger partial charge in [0, 0.05) is 25.6 Å². The zero-order valence-corrected chi connectivity index (χ0v) is 22.7. The number of aliphatic carboxylic acids is 1. The Bertz CT molecular complexity index is 719. The fraction of sp³-hybridized carbons (Fsp3) is 0.800. The van der Waals surface area contributed by atoms with Crippen molar-refractivity contribution in [3.8, 4) is 0 Å². The number of hydrogen-bond donors (Lipinski definition) is 8. The number of nitrogens with zero attached hydrogens (tertiary/aromatic N) is 1. The molecule has 0 fully saturated rings. The molecule has 0 spiro atoms. The normalized spacial score (nSPS) is 13.3. The average Bonchev–Trinajstić information content (AvgIpc) is 2.83. The molecule has 0 bridgehead atoms. The SMILES string of the molecule is CCC(C)[C@H](N)CCCCCN(C(=N)NC(=O)CCCCCCCCNC(=N)N)C(=O)[C@@H](N)CC(=O)O. The number of nitrogens with one attached hydrogen (secondary N) is 4. The maximum atomic E-state index is 12.7. The number of nitrogens with two attached hydrogens (primary N) is 3. The van der Waals surface area contributed by atoms with Gasteiger partial charge in [-0.3, -0.25) is 35.4 Å². The van der Waals surface area contributed by atoms with E-state index in [1.165, 1.54) is 0 Å². The molecule has 11 N–H and O–H groups in total. The second-order valence-corrected chi connectivity index (χ2v) is 9.70. The van der Waals surface area contributed by atoms with Gasteiger partial charge in [-0.1, -0.05) is 58.8 Å². The summed E-state index contributed by atoms with van der Waals surface area (Å²) in [5.41, 5.74) is 17.2. The number of carbonyl (C=O) groups excluding carboxylic acids is 2. The summed E-state index contributed by atoms with van der Waals surface area (Å²) < 4.78 is 0. The number of rotatable bonds is 20. The second-order valence-electron chi connectivity index (χ2n) is 9.70. The third kappa shape index (κ3) is 17.4. The fourth-order valence-corrected chi connectivity index (χ4v) is 3.82.